The SMILES string of the molecule is COC(=O)CCSC(=O)[C@]1([C@@H](O)[C@@H]2C=CCCC2)NC(=O)[C@](C)(CCCl)[C@]1(C)O. The molecule has 0 aromatic carbocycles. The minimum atomic E-state index is -1.92. The number of ether oxygens (including phenoxy) is 1. The molecule has 164 valence electrons. The zero-order chi connectivity index (χ0) is 21.9. The van der Waals surface area contributed by atoms with E-state index in [1.807, 2.05) is 12.2 Å². The van der Waals surface area contributed by atoms with Crippen molar-refractivity contribution < 1.29 is 29.3 Å². The number of esters is 1. The van der Waals surface area contributed by atoms with Crippen molar-refractivity contribution in [1.29, 1.82) is 0 Å². The number of allylic oxidation sites excluding steroid dienone is 1. The average molecular weight is 448 g/mol. The Hall–Kier alpha value is -1.09. The maximum Gasteiger partial charge on any atom is 0.306 e. The van der Waals surface area contributed by atoms with Gasteiger partial charge in [-0.25, -0.2) is 0 Å². The Morgan fingerprint density at radius 2 is 2.14 bits per heavy atom. The van der Waals surface area contributed by atoms with Crippen LogP contribution in [0.2, 0.25) is 0 Å². The van der Waals surface area contributed by atoms with Crippen LogP contribution in [0.4, 0.5) is 0 Å². The molecule has 0 aromatic rings. The molecule has 1 aliphatic carbocycles. The van der Waals surface area contributed by atoms with Gasteiger partial charge in [0.05, 0.1) is 25.0 Å². The number of nitrogens with one attached hydrogen (secondary N) is 1. The van der Waals surface area contributed by atoms with Crippen LogP contribution < -0.4 is 5.32 Å². The van der Waals surface area contributed by atoms with Crippen molar-refractivity contribution in [3.8, 4) is 0 Å². The molecule has 2 rings (SSSR count). The highest BCUT2D eigenvalue weighted by atomic mass is 35.5. The van der Waals surface area contributed by atoms with Gasteiger partial charge >= 0.3 is 5.97 Å². The topological polar surface area (TPSA) is 113 Å². The number of aliphatic hydroxyl groups excluding tert-OH is 1. The van der Waals surface area contributed by atoms with Crippen LogP contribution in [0.15, 0.2) is 12.2 Å². The Bertz CT molecular complexity index is 684. The molecule has 0 spiro atoms. The zero-order valence-corrected chi connectivity index (χ0v) is 18.6. The molecule has 0 unspecified atom stereocenters. The van der Waals surface area contributed by atoms with Crippen LogP contribution in [-0.2, 0) is 19.1 Å². The number of methoxy groups -OCH3 is 1. The highest BCUT2D eigenvalue weighted by molar-refractivity contribution is 8.13. The molecule has 0 radical (unpaired) electrons. The molecule has 2 aliphatic rings. The Morgan fingerprint density at radius 3 is 2.69 bits per heavy atom. The minimum absolute atomic E-state index is 0.00253. The highest BCUT2D eigenvalue weighted by Crippen LogP contribution is 2.52. The summed E-state index contributed by atoms with van der Waals surface area (Å²) in [4.78, 5) is 37.7. The first-order valence-electron chi connectivity index (χ1n) is 9.78. The molecule has 7 nitrogen and oxygen atoms in total. The fraction of sp³-hybridized carbons (Fsp3) is 0.750. The summed E-state index contributed by atoms with van der Waals surface area (Å²) in [6.07, 6.45) is 4.94. The van der Waals surface area contributed by atoms with Gasteiger partial charge in [-0.3, -0.25) is 14.4 Å². The summed E-state index contributed by atoms with van der Waals surface area (Å²) in [5, 5.41) is 25.0. The van der Waals surface area contributed by atoms with Gasteiger partial charge in [0.25, 0.3) is 0 Å². The van der Waals surface area contributed by atoms with Crippen LogP contribution in [0.5, 0.6) is 0 Å². The van der Waals surface area contributed by atoms with Gasteiger partial charge in [0.1, 0.15) is 5.60 Å². The number of thioether (sulfide) groups is 1. The van der Waals surface area contributed by atoms with Crippen LogP contribution >= 0.6 is 23.4 Å². The van der Waals surface area contributed by atoms with Crippen LogP contribution in [0.3, 0.4) is 0 Å². The number of hydrogen-bond acceptors (Lipinski definition) is 7. The van der Waals surface area contributed by atoms with E-state index in [0.29, 0.717) is 6.42 Å². The van der Waals surface area contributed by atoms with Gasteiger partial charge in [-0.1, -0.05) is 23.9 Å². The van der Waals surface area contributed by atoms with E-state index in [4.69, 9.17) is 11.6 Å². The van der Waals surface area contributed by atoms with E-state index < -0.39 is 39.7 Å². The van der Waals surface area contributed by atoms with Gasteiger partial charge in [0.2, 0.25) is 11.0 Å². The lowest BCUT2D eigenvalue weighted by Crippen LogP contribution is -2.70. The fourth-order valence-electron chi connectivity index (χ4n) is 4.24. The molecule has 1 saturated heterocycles. The van der Waals surface area contributed by atoms with E-state index in [0.717, 1.165) is 24.6 Å². The summed E-state index contributed by atoms with van der Waals surface area (Å²) in [5.74, 6) is -1.16. The van der Waals surface area contributed by atoms with Crippen molar-refractivity contribution >= 4 is 40.4 Å². The maximum absolute atomic E-state index is 13.4. The predicted molar refractivity (Wildman–Crippen MR) is 112 cm³/mol. The Morgan fingerprint density at radius 1 is 1.45 bits per heavy atom. The molecule has 29 heavy (non-hydrogen) atoms. The smallest absolute Gasteiger partial charge is 0.306 e. The number of rotatable bonds is 8. The minimum Gasteiger partial charge on any atom is -0.469 e. The van der Waals surface area contributed by atoms with E-state index in [2.05, 4.69) is 10.1 Å². The summed E-state index contributed by atoms with van der Waals surface area (Å²) in [6, 6.07) is 0. The second-order valence-electron chi connectivity index (χ2n) is 8.04. The molecular weight excluding hydrogens is 418 g/mol. The van der Waals surface area contributed by atoms with Gasteiger partial charge in [-0.15, -0.1) is 11.6 Å². The summed E-state index contributed by atoms with van der Waals surface area (Å²) in [6.45, 7) is 2.97. The molecule has 5 atom stereocenters. The third-order valence-electron chi connectivity index (χ3n) is 6.48. The van der Waals surface area contributed by atoms with Crippen LogP contribution in [0, 0.1) is 11.3 Å². The third-order valence-corrected chi connectivity index (χ3v) is 7.66. The largest absolute Gasteiger partial charge is 0.469 e. The van der Waals surface area contributed by atoms with Gasteiger partial charge in [0.15, 0.2) is 5.54 Å². The number of alkyl halides is 1. The second kappa shape index (κ2) is 9.37. The molecule has 0 saturated carbocycles. The molecule has 3 N–H and O–H groups in total. The predicted octanol–water partition coefficient (Wildman–Crippen LogP) is 1.78. The lowest BCUT2D eigenvalue weighted by atomic mass is 9.63. The van der Waals surface area contributed by atoms with Gasteiger partial charge in [-0.2, -0.15) is 0 Å². The molecule has 1 fully saturated rings. The van der Waals surface area contributed by atoms with E-state index in [1.54, 1.807) is 6.92 Å². The molecule has 1 amide bonds. The second-order valence-corrected chi connectivity index (χ2v) is 9.48. The lowest BCUT2D eigenvalue weighted by Gasteiger charge is -2.47. The first-order chi connectivity index (χ1) is 13.6. The number of carbonyl (C=O) groups excluding carboxylic acids is 3. The Labute approximate surface area is 180 Å². The number of hydrogen-bond donors (Lipinski definition) is 3. The van der Waals surface area contributed by atoms with E-state index in [-0.39, 0.29) is 30.4 Å². The number of aliphatic hydroxyl groups is 2. The van der Waals surface area contributed by atoms with Crippen molar-refractivity contribution in [1.82, 2.24) is 5.32 Å². The number of carbonyl (C=O) groups is 3. The molecular formula is C20H30ClNO6S. The first kappa shape index (κ1) is 24.2. The molecule has 9 heteroatoms. The van der Waals surface area contributed by atoms with Gasteiger partial charge < -0.3 is 20.3 Å². The molecule has 1 heterocycles. The van der Waals surface area contributed by atoms with E-state index in [9.17, 15) is 24.6 Å². The van der Waals surface area contributed by atoms with Gasteiger partial charge in [0, 0.05) is 17.6 Å². The normalized spacial score (nSPS) is 35.2. The molecule has 0 bridgehead atoms. The molecule has 1 aliphatic heterocycles. The summed E-state index contributed by atoms with van der Waals surface area (Å²) in [5.41, 5.74) is -5.17. The van der Waals surface area contributed by atoms with Crippen molar-refractivity contribution in [2.75, 3.05) is 18.7 Å². The van der Waals surface area contributed by atoms with Gasteiger partial charge in [-0.05, 0) is 39.5 Å². The average Bonchev–Trinajstić information content (AvgIpc) is 2.86. The zero-order valence-electron chi connectivity index (χ0n) is 17.1. The quantitative estimate of drug-likeness (QED) is 0.295. The Kier molecular flexibility index (Phi) is 7.81. The van der Waals surface area contributed by atoms with Crippen molar-refractivity contribution in [2.45, 2.75) is 63.2 Å². The standard InChI is InChI=1S/C20H30ClNO6S/c1-18(10-11-21)16(25)22-20(19(18,2)27,15(24)13-7-5-4-6-8-13)17(26)29-12-9-14(23)28-3/h5,7,13,15,24,27H,4,6,8-12H2,1-3H3,(H,22,25)/t13-,15+,18+,19+,20+/m1/s1. The van der Waals surface area contributed by atoms with E-state index >= 15 is 0 Å². The summed E-state index contributed by atoms with van der Waals surface area (Å²) in [7, 11) is 1.26. The van der Waals surface area contributed by atoms with Crippen LogP contribution in [0.25, 0.3) is 0 Å². The first-order valence-corrected chi connectivity index (χ1v) is 11.3. The van der Waals surface area contributed by atoms with Crippen LogP contribution in [0.1, 0.15) is 46.0 Å². The maximum atomic E-state index is 13.4. The number of halogens is 1. The number of amides is 1. The van der Waals surface area contributed by atoms with Crippen molar-refractivity contribution in [2.24, 2.45) is 11.3 Å². The monoisotopic (exact) mass is 447 g/mol. The summed E-state index contributed by atoms with van der Waals surface area (Å²) >= 11 is 6.69. The fourth-order valence-corrected chi connectivity index (χ4v) is 5.67. The highest BCUT2D eigenvalue weighted by Gasteiger charge is 2.73. The lowest BCUT2D eigenvalue weighted by molar-refractivity contribution is -0.153. The van der Waals surface area contributed by atoms with Crippen LogP contribution in [-0.4, -0.2) is 63.2 Å². The summed E-state index contributed by atoms with van der Waals surface area (Å²) < 4.78 is 4.59. The third kappa shape index (κ3) is 4.09. The van der Waals surface area contributed by atoms with E-state index in [1.165, 1.54) is 14.0 Å². The Balaban J connectivity index is 2.44. The molecule has 0 aromatic heterocycles. The van der Waals surface area contributed by atoms with Crippen molar-refractivity contribution in [3.05, 3.63) is 12.2 Å². The van der Waals surface area contributed by atoms with Crippen molar-refractivity contribution in [3.63, 3.8) is 0 Å².